The molecule has 0 radical (unpaired) electrons. The molecule has 7 nitrogen and oxygen atoms in total. The number of hydrogen-bond donors (Lipinski definition) is 3. The number of aromatic nitrogens is 3. The normalized spacial score (nSPS) is 28.8. The number of ether oxygens (including phenoxy) is 1. The number of nitrogens with zero attached hydrogens (tertiary/aromatic N) is 3. The third-order valence-electron chi connectivity index (χ3n) is 5.23. The van der Waals surface area contributed by atoms with Crippen molar-refractivity contribution < 1.29 is 24.4 Å². The van der Waals surface area contributed by atoms with Gasteiger partial charge in [-0.05, 0) is 43.7 Å². The van der Waals surface area contributed by atoms with Crippen LogP contribution in [0.3, 0.4) is 0 Å². The largest absolute Gasteiger partial charge is 0.386 e. The molecule has 0 aliphatic carbocycles. The Morgan fingerprint density at radius 3 is 2.79 bits per heavy atom. The van der Waals surface area contributed by atoms with Crippen molar-refractivity contribution in [3.8, 4) is 0 Å². The van der Waals surface area contributed by atoms with Crippen molar-refractivity contribution in [1.29, 1.82) is 0 Å². The summed E-state index contributed by atoms with van der Waals surface area (Å²) in [4.78, 5) is 8.36. The van der Waals surface area contributed by atoms with Gasteiger partial charge in [0.15, 0.2) is 6.23 Å². The summed E-state index contributed by atoms with van der Waals surface area (Å²) in [7, 11) is 0. The molecule has 1 aliphatic heterocycles. The molecule has 1 aromatic carbocycles. The van der Waals surface area contributed by atoms with Crippen molar-refractivity contribution in [3.05, 3.63) is 58.9 Å². The fraction of sp³-hybridized carbons (Fsp3) is 0.368. The summed E-state index contributed by atoms with van der Waals surface area (Å²) in [6, 6.07) is 5.38. The number of aryl methyl sites for hydroxylation is 1. The Balaban J connectivity index is 1.72. The van der Waals surface area contributed by atoms with E-state index in [1.807, 2.05) is 6.92 Å². The van der Waals surface area contributed by atoms with Crippen LogP contribution in [-0.2, 0) is 4.74 Å². The molecule has 0 saturated carbocycles. The van der Waals surface area contributed by atoms with Gasteiger partial charge in [0.05, 0.1) is 5.69 Å². The first-order valence-corrected chi connectivity index (χ1v) is 9.06. The molecule has 1 fully saturated rings. The summed E-state index contributed by atoms with van der Waals surface area (Å²) in [6.07, 6.45) is -1.96. The van der Waals surface area contributed by atoms with E-state index in [0.29, 0.717) is 5.65 Å². The molecule has 148 valence electrons. The SMILES string of the molecule is Cc1ncnc2c1ccn2[C@@H]1O[C@H]([C@H](O)c2cc(F)cc(Cl)c2)[C@@](C)(O)[C@H]1O. The standard InChI is InChI=1S/C19H19ClFN3O4/c1-9-13-3-4-24(17(13)23-8-22-9)18-15(26)19(2,27)16(28-18)14(25)10-5-11(20)7-12(21)6-10/h3-8,14-16,18,25-27H,1-2H3/t14-,15+,16-,18-,19+/m1/s1. The van der Waals surface area contributed by atoms with Gasteiger partial charge in [-0.3, -0.25) is 0 Å². The zero-order chi connectivity index (χ0) is 20.2. The molecule has 0 unspecified atom stereocenters. The van der Waals surface area contributed by atoms with Gasteiger partial charge >= 0.3 is 0 Å². The highest BCUT2D eigenvalue weighted by molar-refractivity contribution is 6.30. The molecule has 4 rings (SSSR count). The second-order valence-corrected chi connectivity index (χ2v) is 7.62. The lowest BCUT2D eigenvalue weighted by molar-refractivity contribution is -0.115. The average molecular weight is 408 g/mol. The zero-order valence-electron chi connectivity index (χ0n) is 15.1. The minimum Gasteiger partial charge on any atom is -0.386 e. The Morgan fingerprint density at radius 1 is 1.32 bits per heavy atom. The number of aliphatic hydroxyl groups excluding tert-OH is 2. The average Bonchev–Trinajstić information content (AvgIpc) is 3.14. The number of aliphatic hydroxyl groups is 3. The van der Waals surface area contributed by atoms with Crippen LogP contribution in [-0.4, -0.2) is 47.7 Å². The fourth-order valence-corrected chi connectivity index (χ4v) is 3.88. The van der Waals surface area contributed by atoms with Crippen molar-refractivity contribution in [3.63, 3.8) is 0 Å². The van der Waals surface area contributed by atoms with E-state index in [1.165, 1.54) is 19.3 Å². The minimum absolute atomic E-state index is 0.104. The summed E-state index contributed by atoms with van der Waals surface area (Å²) in [5.41, 5.74) is -0.398. The lowest BCUT2D eigenvalue weighted by Gasteiger charge is -2.29. The summed E-state index contributed by atoms with van der Waals surface area (Å²) >= 11 is 5.87. The maximum atomic E-state index is 13.7. The number of rotatable bonds is 3. The number of halogens is 2. The first kappa shape index (κ1) is 19.2. The second-order valence-electron chi connectivity index (χ2n) is 7.18. The van der Waals surface area contributed by atoms with Gasteiger partial charge in [0, 0.05) is 16.6 Å². The predicted octanol–water partition coefficient (Wildman–Crippen LogP) is 2.28. The fourth-order valence-electron chi connectivity index (χ4n) is 3.65. The van der Waals surface area contributed by atoms with Crippen LogP contribution in [0.15, 0.2) is 36.8 Å². The lowest BCUT2D eigenvalue weighted by atomic mass is 9.88. The number of benzene rings is 1. The quantitative estimate of drug-likeness (QED) is 0.615. The monoisotopic (exact) mass is 407 g/mol. The molecular weight excluding hydrogens is 389 g/mol. The highest BCUT2D eigenvalue weighted by Gasteiger charge is 2.55. The molecule has 3 aromatic rings. The van der Waals surface area contributed by atoms with Crippen molar-refractivity contribution in [2.75, 3.05) is 0 Å². The van der Waals surface area contributed by atoms with E-state index in [9.17, 15) is 19.7 Å². The van der Waals surface area contributed by atoms with Crippen molar-refractivity contribution in [2.45, 2.75) is 44.0 Å². The van der Waals surface area contributed by atoms with Crippen LogP contribution in [0.4, 0.5) is 4.39 Å². The Hall–Kier alpha value is -2.10. The lowest BCUT2D eigenvalue weighted by Crippen LogP contribution is -2.47. The van der Waals surface area contributed by atoms with Gasteiger partial charge in [-0.1, -0.05) is 11.6 Å². The van der Waals surface area contributed by atoms with E-state index < -0.39 is 36.0 Å². The Labute approximate surface area is 165 Å². The van der Waals surface area contributed by atoms with Crippen molar-refractivity contribution >= 4 is 22.6 Å². The van der Waals surface area contributed by atoms with Crippen molar-refractivity contribution in [1.82, 2.24) is 14.5 Å². The minimum atomic E-state index is -1.82. The summed E-state index contributed by atoms with van der Waals surface area (Å²) < 4.78 is 21.1. The van der Waals surface area contributed by atoms with Gasteiger partial charge in [-0.2, -0.15) is 0 Å². The van der Waals surface area contributed by atoms with Gasteiger partial charge in [0.2, 0.25) is 0 Å². The highest BCUT2D eigenvalue weighted by Crippen LogP contribution is 2.43. The third kappa shape index (κ3) is 2.98. The molecule has 9 heteroatoms. The van der Waals surface area contributed by atoms with Crippen LogP contribution >= 0.6 is 11.6 Å². The van der Waals surface area contributed by atoms with E-state index in [2.05, 4.69) is 9.97 Å². The van der Waals surface area contributed by atoms with Crippen LogP contribution < -0.4 is 0 Å². The highest BCUT2D eigenvalue weighted by atomic mass is 35.5. The van der Waals surface area contributed by atoms with Crippen LogP contribution in [0.1, 0.15) is 30.5 Å². The topological polar surface area (TPSA) is 101 Å². The molecule has 1 aliphatic rings. The van der Waals surface area contributed by atoms with Crippen LogP contribution in [0, 0.1) is 12.7 Å². The first-order valence-electron chi connectivity index (χ1n) is 8.68. The van der Waals surface area contributed by atoms with Gasteiger partial charge in [-0.15, -0.1) is 0 Å². The van der Waals surface area contributed by atoms with Gasteiger partial charge in [0.25, 0.3) is 0 Å². The summed E-state index contributed by atoms with van der Waals surface area (Å²) in [5.74, 6) is -0.625. The molecular formula is C19H19ClFN3O4. The van der Waals surface area contributed by atoms with Crippen LogP contribution in [0.2, 0.25) is 5.02 Å². The van der Waals surface area contributed by atoms with E-state index in [0.717, 1.165) is 23.2 Å². The van der Waals surface area contributed by atoms with E-state index in [4.69, 9.17) is 16.3 Å². The first-order chi connectivity index (χ1) is 13.2. The van der Waals surface area contributed by atoms with Crippen LogP contribution in [0.25, 0.3) is 11.0 Å². The molecule has 1 saturated heterocycles. The Morgan fingerprint density at radius 2 is 2.07 bits per heavy atom. The molecule has 3 N–H and O–H groups in total. The third-order valence-corrected chi connectivity index (χ3v) is 5.44. The van der Waals surface area contributed by atoms with Gasteiger partial charge < -0.3 is 24.6 Å². The molecule has 28 heavy (non-hydrogen) atoms. The maximum absolute atomic E-state index is 13.7. The summed E-state index contributed by atoms with van der Waals surface area (Å²) in [5, 5.41) is 33.2. The van der Waals surface area contributed by atoms with Crippen molar-refractivity contribution in [2.24, 2.45) is 0 Å². The molecule has 0 amide bonds. The predicted molar refractivity (Wildman–Crippen MR) is 99.2 cm³/mol. The van der Waals surface area contributed by atoms with E-state index >= 15 is 0 Å². The van der Waals surface area contributed by atoms with E-state index in [1.54, 1.807) is 16.8 Å². The maximum Gasteiger partial charge on any atom is 0.164 e. The molecule has 0 bridgehead atoms. The molecule has 3 heterocycles. The van der Waals surface area contributed by atoms with Gasteiger partial charge in [-0.25, -0.2) is 14.4 Å². The molecule has 0 spiro atoms. The smallest absolute Gasteiger partial charge is 0.164 e. The van der Waals surface area contributed by atoms with Crippen LogP contribution in [0.5, 0.6) is 0 Å². The summed E-state index contributed by atoms with van der Waals surface area (Å²) in [6.45, 7) is 3.19. The second kappa shape index (κ2) is 6.75. The Bertz CT molecular complexity index is 1020. The Kier molecular flexibility index (Phi) is 4.64. The molecule has 2 aromatic heterocycles. The zero-order valence-corrected chi connectivity index (χ0v) is 15.9. The van der Waals surface area contributed by atoms with E-state index in [-0.39, 0.29) is 10.6 Å². The molecule has 5 atom stereocenters. The number of hydrogen-bond acceptors (Lipinski definition) is 6. The number of fused-ring (bicyclic) bond motifs is 1. The van der Waals surface area contributed by atoms with Gasteiger partial charge in [0.1, 0.15) is 41.7 Å².